The number of aryl methyl sites for hydroxylation is 2. The van der Waals surface area contributed by atoms with E-state index in [1.807, 2.05) is 19.1 Å². The van der Waals surface area contributed by atoms with E-state index >= 15 is 0 Å². The number of benzene rings is 1. The van der Waals surface area contributed by atoms with Crippen LogP contribution < -0.4 is 0 Å². The Morgan fingerprint density at radius 2 is 1.89 bits per heavy atom. The summed E-state index contributed by atoms with van der Waals surface area (Å²) in [5, 5.41) is 9.14. The lowest BCUT2D eigenvalue weighted by Crippen LogP contribution is -2.06. The number of carbonyl (C=O) groups is 2. The highest BCUT2D eigenvalue weighted by Crippen LogP contribution is 2.15. The highest BCUT2D eigenvalue weighted by atomic mass is 16.4. The SMILES string of the molecule is CCCCCC(=O)CCc1ccc(C)cc1C(=O)O. The van der Waals surface area contributed by atoms with Gasteiger partial charge in [-0.2, -0.15) is 0 Å². The number of ketones is 1. The molecule has 1 N–H and O–H groups in total. The molecule has 1 aromatic rings. The predicted octanol–water partition coefficient (Wildman–Crippen LogP) is 3.78. The van der Waals surface area contributed by atoms with Crippen LogP contribution in [0.3, 0.4) is 0 Å². The van der Waals surface area contributed by atoms with Crippen molar-refractivity contribution in [1.29, 1.82) is 0 Å². The molecule has 0 bridgehead atoms. The molecule has 0 amide bonds. The van der Waals surface area contributed by atoms with Crippen molar-refractivity contribution in [3.05, 3.63) is 34.9 Å². The topological polar surface area (TPSA) is 54.4 Å². The Kier molecular flexibility index (Phi) is 6.26. The number of hydrogen-bond acceptors (Lipinski definition) is 2. The number of carboxylic acid groups (broad SMARTS) is 1. The number of carbonyl (C=O) groups excluding carboxylic acids is 1. The van der Waals surface area contributed by atoms with Gasteiger partial charge in [0, 0.05) is 12.8 Å². The minimum Gasteiger partial charge on any atom is -0.478 e. The molecule has 0 atom stereocenters. The smallest absolute Gasteiger partial charge is 0.335 e. The van der Waals surface area contributed by atoms with Crippen LogP contribution in [0.25, 0.3) is 0 Å². The first-order valence-corrected chi connectivity index (χ1v) is 6.89. The average Bonchev–Trinajstić information content (AvgIpc) is 2.37. The van der Waals surface area contributed by atoms with Gasteiger partial charge in [0.1, 0.15) is 5.78 Å². The van der Waals surface area contributed by atoms with Gasteiger partial charge in [0.05, 0.1) is 5.56 Å². The van der Waals surface area contributed by atoms with Gasteiger partial charge in [-0.1, -0.05) is 37.5 Å². The monoisotopic (exact) mass is 262 g/mol. The number of hydrogen-bond donors (Lipinski definition) is 1. The van der Waals surface area contributed by atoms with E-state index < -0.39 is 5.97 Å². The standard InChI is InChI=1S/C16H22O3/c1-3-4-5-6-14(17)10-9-13-8-7-12(2)11-15(13)16(18)19/h7-8,11H,3-6,9-10H2,1-2H3,(H,18,19). The number of aromatic carboxylic acids is 1. The molecule has 0 aromatic heterocycles. The summed E-state index contributed by atoms with van der Waals surface area (Å²) in [5.41, 5.74) is 2.00. The van der Waals surface area contributed by atoms with Crippen LogP contribution in [-0.2, 0) is 11.2 Å². The predicted molar refractivity (Wildman–Crippen MR) is 75.6 cm³/mol. The van der Waals surface area contributed by atoms with Crippen molar-refractivity contribution in [3.8, 4) is 0 Å². The summed E-state index contributed by atoms with van der Waals surface area (Å²) in [6.07, 6.45) is 4.70. The summed E-state index contributed by atoms with van der Waals surface area (Å²) in [5.74, 6) is -0.692. The van der Waals surface area contributed by atoms with E-state index in [0.717, 1.165) is 30.4 Å². The maximum Gasteiger partial charge on any atom is 0.335 e. The lowest BCUT2D eigenvalue weighted by atomic mass is 9.98. The molecule has 0 aliphatic carbocycles. The molecule has 3 heteroatoms. The van der Waals surface area contributed by atoms with Crippen LogP contribution in [-0.4, -0.2) is 16.9 Å². The molecule has 1 rings (SSSR count). The molecule has 3 nitrogen and oxygen atoms in total. The molecule has 0 radical (unpaired) electrons. The van der Waals surface area contributed by atoms with Gasteiger partial charge in [-0.25, -0.2) is 4.79 Å². The fourth-order valence-electron chi connectivity index (χ4n) is 2.08. The van der Waals surface area contributed by atoms with Gasteiger partial charge >= 0.3 is 5.97 Å². The van der Waals surface area contributed by atoms with Crippen molar-refractivity contribution in [1.82, 2.24) is 0 Å². The summed E-state index contributed by atoms with van der Waals surface area (Å²) in [6, 6.07) is 5.38. The Bertz CT molecular complexity index is 449. The molecule has 19 heavy (non-hydrogen) atoms. The van der Waals surface area contributed by atoms with Gasteiger partial charge in [0.15, 0.2) is 0 Å². The summed E-state index contributed by atoms with van der Waals surface area (Å²) in [7, 11) is 0. The molecule has 0 saturated heterocycles. The first-order valence-electron chi connectivity index (χ1n) is 6.89. The van der Waals surface area contributed by atoms with Gasteiger partial charge < -0.3 is 5.11 Å². The second-order valence-electron chi connectivity index (χ2n) is 4.96. The first-order chi connectivity index (χ1) is 9.04. The van der Waals surface area contributed by atoms with E-state index in [4.69, 9.17) is 5.11 Å². The summed E-state index contributed by atoms with van der Waals surface area (Å²) in [6.45, 7) is 3.97. The summed E-state index contributed by atoms with van der Waals surface area (Å²) >= 11 is 0. The Morgan fingerprint density at radius 3 is 2.53 bits per heavy atom. The third-order valence-corrected chi connectivity index (χ3v) is 3.23. The Hall–Kier alpha value is -1.64. The largest absolute Gasteiger partial charge is 0.478 e. The van der Waals surface area contributed by atoms with Crippen LogP contribution in [0.2, 0.25) is 0 Å². The highest BCUT2D eigenvalue weighted by molar-refractivity contribution is 5.90. The summed E-state index contributed by atoms with van der Waals surface area (Å²) in [4.78, 5) is 22.8. The Morgan fingerprint density at radius 1 is 1.16 bits per heavy atom. The van der Waals surface area contributed by atoms with Crippen LogP contribution in [0.5, 0.6) is 0 Å². The number of carboxylic acids is 1. The van der Waals surface area contributed by atoms with Gasteiger partial charge in [-0.15, -0.1) is 0 Å². The molecular weight excluding hydrogens is 240 g/mol. The maximum atomic E-state index is 11.7. The van der Waals surface area contributed by atoms with Gasteiger partial charge in [0.25, 0.3) is 0 Å². The van der Waals surface area contributed by atoms with Gasteiger partial charge in [-0.3, -0.25) is 4.79 Å². The molecule has 104 valence electrons. The first kappa shape index (κ1) is 15.4. The van der Waals surface area contributed by atoms with E-state index in [2.05, 4.69) is 6.92 Å². The molecule has 0 aliphatic rings. The quantitative estimate of drug-likeness (QED) is 0.725. The van der Waals surface area contributed by atoms with Crippen LogP contribution in [0, 0.1) is 6.92 Å². The number of unbranched alkanes of at least 4 members (excludes halogenated alkanes) is 2. The molecule has 0 fully saturated rings. The third-order valence-electron chi connectivity index (χ3n) is 3.23. The van der Waals surface area contributed by atoms with Crippen LogP contribution >= 0.6 is 0 Å². The van der Waals surface area contributed by atoms with Crippen molar-refractivity contribution in [2.24, 2.45) is 0 Å². The van der Waals surface area contributed by atoms with Crippen molar-refractivity contribution in [2.75, 3.05) is 0 Å². The molecule has 1 aromatic carbocycles. The molecule has 0 heterocycles. The molecule has 0 saturated carbocycles. The van der Waals surface area contributed by atoms with Crippen LogP contribution in [0.4, 0.5) is 0 Å². The van der Waals surface area contributed by atoms with E-state index in [1.165, 1.54) is 0 Å². The molecule has 0 aliphatic heterocycles. The summed E-state index contributed by atoms with van der Waals surface area (Å²) < 4.78 is 0. The van der Waals surface area contributed by atoms with E-state index in [9.17, 15) is 9.59 Å². The van der Waals surface area contributed by atoms with Crippen molar-refractivity contribution in [2.45, 2.75) is 52.4 Å². The Labute approximate surface area is 114 Å². The molecule has 0 spiro atoms. The molecule has 0 unspecified atom stereocenters. The zero-order valence-corrected chi connectivity index (χ0v) is 11.7. The average molecular weight is 262 g/mol. The number of rotatable bonds is 8. The van der Waals surface area contributed by atoms with Gasteiger partial charge in [0.2, 0.25) is 0 Å². The highest BCUT2D eigenvalue weighted by Gasteiger charge is 2.11. The Balaban J connectivity index is 2.57. The van der Waals surface area contributed by atoms with E-state index in [0.29, 0.717) is 24.8 Å². The maximum absolute atomic E-state index is 11.7. The van der Waals surface area contributed by atoms with Crippen molar-refractivity contribution < 1.29 is 14.7 Å². The fraction of sp³-hybridized carbons (Fsp3) is 0.500. The zero-order chi connectivity index (χ0) is 14.3. The molecular formula is C16H22O3. The zero-order valence-electron chi connectivity index (χ0n) is 11.7. The second-order valence-corrected chi connectivity index (χ2v) is 4.96. The van der Waals surface area contributed by atoms with Crippen molar-refractivity contribution in [3.63, 3.8) is 0 Å². The minimum absolute atomic E-state index is 0.227. The van der Waals surface area contributed by atoms with E-state index in [1.54, 1.807) is 6.07 Å². The third kappa shape index (κ3) is 5.25. The van der Waals surface area contributed by atoms with Crippen molar-refractivity contribution >= 4 is 11.8 Å². The minimum atomic E-state index is -0.919. The van der Waals surface area contributed by atoms with Gasteiger partial charge in [-0.05, 0) is 31.4 Å². The lowest BCUT2D eigenvalue weighted by molar-refractivity contribution is -0.119. The lowest BCUT2D eigenvalue weighted by Gasteiger charge is -2.07. The fourth-order valence-corrected chi connectivity index (χ4v) is 2.08. The second kappa shape index (κ2) is 7.72. The van der Waals surface area contributed by atoms with Crippen LogP contribution in [0.15, 0.2) is 18.2 Å². The number of Topliss-reactive ketones (excluding diaryl/α,β-unsaturated/α-hetero) is 1. The van der Waals surface area contributed by atoms with E-state index in [-0.39, 0.29) is 5.78 Å². The van der Waals surface area contributed by atoms with Crippen LogP contribution in [0.1, 0.15) is 60.5 Å². The normalized spacial score (nSPS) is 10.4.